The number of nitrogens with one attached hydrogen (secondary N) is 1. The van der Waals surface area contributed by atoms with Gasteiger partial charge in [0.05, 0.1) is 24.0 Å². The maximum Gasteiger partial charge on any atom is 0.130 e. The van der Waals surface area contributed by atoms with E-state index in [0.717, 1.165) is 39.5 Å². The lowest BCUT2D eigenvalue weighted by Crippen LogP contribution is -1.92. The molecule has 0 amide bonds. The Bertz CT molecular complexity index is 1230. The highest BCUT2D eigenvalue weighted by molar-refractivity contribution is 6.36. The van der Waals surface area contributed by atoms with Gasteiger partial charge in [0.1, 0.15) is 11.6 Å². The fraction of sp³-hybridized carbons (Fsp3) is 0.115. The number of methoxy groups -OCH3 is 1. The molecule has 4 aromatic rings. The zero-order chi connectivity index (χ0) is 22.0. The van der Waals surface area contributed by atoms with Crippen molar-refractivity contribution in [1.82, 2.24) is 9.97 Å². The van der Waals surface area contributed by atoms with Crippen molar-refractivity contribution in [3.8, 4) is 28.1 Å². The Labute approximate surface area is 192 Å². The molecule has 5 heteroatoms. The first-order valence-electron chi connectivity index (χ1n) is 9.89. The molecule has 31 heavy (non-hydrogen) atoms. The highest BCUT2D eigenvalue weighted by Gasteiger charge is 2.08. The van der Waals surface area contributed by atoms with Crippen molar-refractivity contribution < 1.29 is 4.74 Å². The molecule has 4 rings (SSSR count). The Balaban J connectivity index is 1.52. The SMILES string of the molecule is COc1c(C)cc(-c2ccc(C=Cc3ncc(-c4ccc(Cl)cc4Cl)[nH]3)cc2)cc1C. The molecule has 0 bridgehead atoms. The summed E-state index contributed by atoms with van der Waals surface area (Å²) in [6.45, 7) is 4.14. The monoisotopic (exact) mass is 448 g/mol. The number of aryl methyl sites for hydroxylation is 2. The van der Waals surface area contributed by atoms with Gasteiger partial charge in [-0.2, -0.15) is 0 Å². The van der Waals surface area contributed by atoms with Crippen LogP contribution in [-0.2, 0) is 0 Å². The van der Waals surface area contributed by atoms with Gasteiger partial charge in [0.15, 0.2) is 0 Å². The van der Waals surface area contributed by atoms with E-state index in [1.807, 2.05) is 24.3 Å². The van der Waals surface area contributed by atoms with E-state index in [9.17, 15) is 0 Å². The topological polar surface area (TPSA) is 37.9 Å². The van der Waals surface area contributed by atoms with Gasteiger partial charge in [-0.1, -0.05) is 53.5 Å². The summed E-state index contributed by atoms with van der Waals surface area (Å²) in [5.41, 5.74) is 7.43. The van der Waals surface area contributed by atoms with Gasteiger partial charge in [-0.05, 0) is 78.1 Å². The predicted molar refractivity (Wildman–Crippen MR) is 131 cm³/mol. The van der Waals surface area contributed by atoms with Crippen LogP contribution in [0.5, 0.6) is 5.75 Å². The van der Waals surface area contributed by atoms with Crippen LogP contribution in [0.3, 0.4) is 0 Å². The smallest absolute Gasteiger partial charge is 0.130 e. The Morgan fingerprint density at radius 1 is 0.871 bits per heavy atom. The Kier molecular flexibility index (Phi) is 6.17. The molecule has 1 aromatic heterocycles. The predicted octanol–water partition coefficient (Wildman–Crippen LogP) is 7.85. The van der Waals surface area contributed by atoms with Crippen molar-refractivity contribution in [2.75, 3.05) is 7.11 Å². The van der Waals surface area contributed by atoms with Gasteiger partial charge in [-0.15, -0.1) is 0 Å². The number of nitrogens with zero attached hydrogens (tertiary/aromatic N) is 1. The average molecular weight is 449 g/mol. The Hall–Kier alpha value is -3.01. The molecule has 0 spiro atoms. The number of ether oxygens (including phenoxy) is 1. The van der Waals surface area contributed by atoms with Crippen molar-refractivity contribution >= 4 is 35.4 Å². The number of benzene rings is 3. The molecule has 1 heterocycles. The lowest BCUT2D eigenvalue weighted by atomic mass is 9.99. The fourth-order valence-corrected chi connectivity index (χ4v) is 4.18. The molecular formula is C26H22Cl2N2O. The minimum Gasteiger partial charge on any atom is -0.496 e. The summed E-state index contributed by atoms with van der Waals surface area (Å²) < 4.78 is 5.47. The molecule has 0 atom stereocenters. The standard InChI is InChI=1S/C26H22Cl2N2O/c1-16-12-20(13-17(2)26(16)31-3)19-7-4-18(5-8-19)6-11-25-29-15-24(30-25)22-10-9-21(27)14-23(22)28/h4-15H,1-3H3,(H,29,30). The van der Waals surface area contributed by atoms with E-state index in [4.69, 9.17) is 27.9 Å². The first-order valence-corrected chi connectivity index (χ1v) is 10.6. The van der Waals surface area contributed by atoms with Crippen molar-refractivity contribution in [2.45, 2.75) is 13.8 Å². The maximum absolute atomic E-state index is 6.29. The third-order valence-corrected chi connectivity index (χ3v) is 5.71. The highest BCUT2D eigenvalue weighted by atomic mass is 35.5. The van der Waals surface area contributed by atoms with E-state index in [0.29, 0.717) is 10.0 Å². The van der Waals surface area contributed by atoms with Crippen molar-refractivity contribution in [3.05, 3.63) is 93.4 Å². The number of rotatable bonds is 5. The molecule has 0 saturated heterocycles. The van der Waals surface area contributed by atoms with Gasteiger partial charge >= 0.3 is 0 Å². The van der Waals surface area contributed by atoms with Gasteiger partial charge in [-0.3, -0.25) is 0 Å². The number of imidazole rings is 1. The van der Waals surface area contributed by atoms with Crippen LogP contribution in [0.2, 0.25) is 10.0 Å². The second-order valence-electron chi connectivity index (χ2n) is 7.40. The molecule has 3 nitrogen and oxygen atoms in total. The van der Waals surface area contributed by atoms with E-state index >= 15 is 0 Å². The van der Waals surface area contributed by atoms with Gasteiger partial charge in [-0.25, -0.2) is 4.98 Å². The molecule has 1 N–H and O–H groups in total. The van der Waals surface area contributed by atoms with Crippen LogP contribution in [0.4, 0.5) is 0 Å². The molecular weight excluding hydrogens is 427 g/mol. The third-order valence-electron chi connectivity index (χ3n) is 5.16. The van der Waals surface area contributed by atoms with Gasteiger partial charge < -0.3 is 9.72 Å². The molecule has 0 aliphatic heterocycles. The second-order valence-corrected chi connectivity index (χ2v) is 8.25. The minimum atomic E-state index is 0.589. The molecule has 0 fully saturated rings. The summed E-state index contributed by atoms with van der Waals surface area (Å²) in [7, 11) is 1.71. The van der Waals surface area contributed by atoms with Crippen LogP contribution >= 0.6 is 23.2 Å². The summed E-state index contributed by atoms with van der Waals surface area (Å²) in [5.74, 6) is 1.70. The molecule has 0 aliphatic rings. The number of hydrogen-bond acceptors (Lipinski definition) is 2. The molecule has 0 radical (unpaired) electrons. The first-order chi connectivity index (χ1) is 14.9. The van der Waals surface area contributed by atoms with Crippen molar-refractivity contribution in [3.63, 3.8) is 0 Å². The van der Waals surface area contributed by atoms with Crippen LogP contribution in [0, 0.1) is 13.8 Å². The Morgan fingerprint density at radius 3 is 2.23 bits per heavy atom. The zero-order valence-electron chi connectivity index (χ0n) is 17.5. The molecule has 0 aliphatic carbocycles. The summed E-state index contributed by atoms with van der Waals surface area (Å²) in [5, 5.41) is 1.20. The summed E-state index contributed by atoms with van der Waals surface area (Å²) in [4.78, 5) is 7.71. The molecule has 156 valence electrons. The summed E-state index contributed by atoms with van der Waals surface area (Å²) in [6.07, 6.45) is 5.75. The summed E-state index contributed by atoms with van der Waals surface area (Å²) in [6, 6.07) is 18.2. The van der Waals surface area contributed by atoms with Crippen LogP contribution < -0.4 is 4.74 Å². The van der Waals surface area contributed by atoms with Gasteiger partial charge in [0.25, 0.3) is 0 Å². The number of halogens is 2. The van der Waals surface area contributed by atoms with Gasteiger partial charge in [0, 0.05) is 10.6 Å². The quantitative estimate of drug-likeness (QED) is 0.337. The van der Waals surface area contributed by atoms with E-state index in [-0.39, 0.29) is 0 Å². The number of H-pyrrole nitrogens is 1. The van der Waals surface area contributed by atoms with Crippen molar-refractivity contribution in [1.29, 1.82) is 0 Å². The molecule has 0 unspecified atom stereocenters. The number of aromatic nitrogens is 2. The number of hydrogen-bond donors (Lipinski definition) is 1. The van der Waals surface area contributed by atoms with E-state index in [1.165, 1.54) is 11.1 Å². The third kappa shape index (κ3) is 4.68. The molecule has 3 aromatic carbocycles. The Morgan fingerprint density at radius 2 is 1.58 bits per heavy atom. The van der Waals surface area contributed by atoms with E-state index in [2.05, 4.69) is 60.2 Å². The second kappa shape index (κ2) is 9.01. The number of aromatic amines is 1. The fourth-order valence-electron chi connectivity index (χ4n) is 3.67. The lowest BCUT2D eigenvalue weighted by molar-refractivity contribution is 0.408. The van der Waals surface area contributed by atoms with Crippen LogP contribution in [0.1, 0.15) is 22.5 Å². The van der Waals surface area contributed by atoms with E-state index < -0.39 is 0 Å². The summed E-state index contributed by atoms with van der Waals surface area (Å²) >= 11 is 12.3. The van der Waals surface area contributed by atoms with Crippen LogP contribution in [0.15, 0.2) is 60.8 Å². The van der Waals surface area contributed by atoms with Crippen LogP contribution in [-0.4, -0.2) is 17.1 Å². The van der Waals surface area contributed by atoms with Crippen molar-refractivity contribution in [2.24, 2.45) is 0 Å². The normalized spacial score (nSPS) is 11.3. The first kappa shape index (κ1) is 21.2. The van der Waals surface area contributed by atoms with E-state index in [1.54, 1.807) is 19.4 Å². The van der Waals surface area contributed by atoms with Crippen LogP contribution in [0.25, 0.3) is 34.5 Å². The largest absolute Gasteiger partial charge is 0.496 e. The zero-order valence-corrected chi connectivity index (χ0v) is 19.1. The lowest BCUT2D eigenvalue weighted by Gasteiger charge is -2.11. The maximum atomic E-state index is 6.29. The van der Waals surface area contributed by atoms with Gasteiger partial charge in [0.2, 0.25) is 0 Å². The molecule has 0 saturated carbocycles. The average Bonchev–Trinajstić information content (AvgIpc) is 3.21. The highest BCUT2D eigenvalue weighted by Crippen LogP contribution is 2.31. The minimum absolute atomic E-state index is 0.589.